The van der Waals surface area contributed by atoms with E-state index in [0.29, 0.717) is 0 Å². The SMILES string of the molecule is CC/C1=C(\c2ccc(-c3ccccc3)cc2)N=C(c2ccccc2)C(C)/C(C)=C(\C2=CC=CC3c4cc(-c5cc6c(cc5-c5ccccc5)sc5ccccc56)ccc4OC23)C1. The molecule has 3 atom stereocenters. The highest BCUT2D eigenvalue weighted by Gasteiger charge is 2.39. The van der Waals surface area contributed by atoms with E-state index in [1.807, 2.05) is 11.3 Å². The van der Waals surface area contributed by atoms with Crippen LogP contribution in [0.5, 0.6) is 5.75 Å². The van der Waals surface area contributed by atoms with Gasteiger partial charge in [-0.1, -0.05) is 177 Å². The standard InChI is InChI=1S/C59H47NOS/c1-4-39-33-49(37(2)38(3)57(43-21-12-7-13-22-43)60-58(39)44-29-27-41(28-30-44)40-17-8-5-9-18-40)47-24-16-25-48-52-34-45(31-32-54(52)61-59(47)48)50-35-53-46-23-14-15-26-55(46)62-56(53)36-51(50)42-19-10-6-11-20-42/h5-32,34-36,38,48,59H,4,33H2,1-3H3/b49-37-,58-39-,60-57?. The molecule has 0 N–H and O–H groups in total. The van der Waals surface area contributed by atoms with Crippen molar-refractivity contribution in [2.24, 2.45) is 10.9 Å². The van der Waals surface area contributed by atoms with Gasteiger partial charge in [0, 0.05) is 43.1 Å². The largest absolute Gasteiger partial charge is 0.484 e. The molecule has 3 heteroatoms. The van der Waals surface area contributed by atoms with Crippen LogP contribution in [0.15, 0.2) is 215 Å². The Bertz CT molecular complexity index is 3160. The van der Waals surface area contributed by atoms with Crippen LogP contribution in [0.25, 0.3) is 59.3 Å². The molecule has 62 heavy (non-hydrogen) atoms. The minimum Gasteiger partial charge on any atom is -0.484 e. The molecule has 2 aliphatic heterocycles. The molecule has 1 aliphatic carbocycles. The van der Waals surface area contributed by atoms with E-state index in [0.717, 1.165) is 41.1 Å². The summed E-state index contributed by atoms with van der Waals surface area (Å²) in [6.45, 7) is 6.94. The van der Waals surface area contributed by atoms with Crippen LogP contribution >= 0.6 is 11.3 Å². The summed E-state index contributed by atoms with van der Waals surface area (Å²) >= 11 is 1.87. The van der Waals surface area contributed by atoms with E-state index < -0.39 is 0 Å². The van der Waals surface area contributed by atoms with Crippen molar-refractivity contribution in [1.82, 2.24) is 0 Å². The molecule has 1 aromatic heterocycles. The van der Waals surface area contributed by atoms with Crippen LogP contribution in [0.1, 0.15) is 56.2 Å². The first-order valence-electron chi connectivity index (χ1n) is 21.9. The van der Waals surface area contributed by atoms with Gasteiger partial charge < -0.3 is 4.74 Å². The number of hydrogen-bond acceptors (Lipinski definition) is 3. The zero-order valence-corrected chi connectivity index (χ0v) is 36.1. The maximum atomic E-state index is 7.10. The maximum Gasteiger partial charge on any atom is 0.134 e. The Morgan fingerprint density at radius 1 is 0.613 bits per heavy atom. The fraction of sp³-hybridized carbons (Fsp3) is 0.136. The minimum atomic E-state index is -0.123. The molecular formula is C59H47NOS. The fourth-order valence-corrected chi connectivity index (χ4v) is 11.0. The van der Waals surface area contributed by atoms with Crippen molar-refractivity contribution in [1.29, 1.82) is 0 Å². The van der Waals surface area contributed by atoms with E-state index in [2.05, 4.69) is 209 Å². The van der Waals surface area contributed by atoms with Crippen molar-refractivity contribution in [3.63, 3.8) is 0 Å². The lowest BCUT2D eigenvalue weighted by Gasteiger charge is -2.31. The second kappa shape index (κ2) is 15.9. The Hall–Kier alpha value is -6.81. The van der Waals surface area contributed by atoms with Crippen LogP contribution in [-0.4, -0.2) is 11.8 Å². The molecule has 0 bridgehead atoms. The second-order valence-electron chi connectivity index (χ2n) is 16.9. The highest BCUT2D eigenvalue weighted by Crippen LogP contribution is 2.50. The molecule has 3 unspecified atom stereocenters. The molecule has 300 valence electrons. The summed E-state index contributed by atoms with van der Waals surface area (Å²) in [4.78, 5) is 5.64. The topological polar surface area (TPSA) is 21.6 Å². The minimum absolute atomic E-state index is 0.0875. The van der Waals surface area contributed by atoms with Crippen LogP contribution < -0.4 is 4.74 Å². The van der Waals surface area contributed by atoms with Gasteiger partial charge in [-0.05, 0) is 106 Å². The molecule has 3 heterocycles. The van der Waals surface area contributed by atoms with E-state index in [4.69, 9.17) is 9.73 Å². The number of fused-ring (bicyclic) bond motifs is 6. The molecule has 2 nitrogen and oxygen atoms in total. The maximum absolute atomic E-state index is 7.10. The average molecular weight is 818 g/mol. The van der Waals surface area contributed by atoms with E-state index in [1.165, 1.54) is 81.4 Å². The Kier molecular flexibility index (Phi) is 9.78. The van der Waals surface area contributed by atoms with Crippen LogP contribution in [0, 0.1) is 5.92 Å². The van der Waals surface area contributed by atoms with Crippen molar-refractivity contribution in [3.8, 4) is 39.1 Å². The van der Waals surface area contributed by atoms with Crippen LogP contribution in [0.2, 0.25) is 0 Å². The third kappa shape index (κ3) is 6.69. The summed E-state index contributed by atoms with van der Waals surface area (Å²) in [5, 5.41) is 2.62. The number of thiophene rings is 1. The third-order valence-electron chi connectivity index (χ3n) is 13.4. The molecule has 0 saturated carbocycles. The molecule has 0 saturated heterocycles. The number of aliphatic imine (C=N–C) groups is 1. The molecule has 0 fully saturated rings. The number of benzene rings is 7. The summed E-state index contributed by atoms with van der Waals surface area (Å²) in [7, 11) is 0. The summed E-state index contributed by atoms with van der Waals surface area (Å²) in [6.07, 6.45) is 8.54. The zero-order valence-electron chi connectivity index (χ0n) is 35.3. The molecule has 0 radical (unpaired) electrons. The average Bonchev–Trinajstić information content (AvgIpc) is 3.90. The Balaban J connectivity index is 0.998. The lowest BCUT2D eigenvalue weighted by molar-refractivity contribution is 0.257. The number of hydrogen-bond donors (Lipinski definition) is 0. The van der Waals surface area contributed by atoms with Gasteiger partial charge >= 0.3 is 0 Å². The normalized spacial score (nSPS) is 20.9. The summed E-state index contributed by atoms with van der Waals surface area (Å²) in [5.74, 6) is 1.15. The first kappa shape index (κ1) is 38.1. The Labute approximate surface area is 368 Å². The smallest absolute Gasteiger partial charge is 0.134 e. The van der Waals surface area contributed by atoms with E-state index in [9.17, 15) is 0 Å². The van der Waals surface area contributed by atoms with Gasteiger partial charge in [-0.3, -0.25) is 4.99 Å². The predicted octanol–water partition coefficient (Wildman–Crippen LogP) is 16.1. The first-order chi connectivity index (χ1) is 30.5. The molecule has 3 aliphatic rings. The van der Waals surface area contributed by atoms with Gasteiger partial charge in [0.05, 0.1) is 11.4 Å². The molecule has 11 rings (SSSR count). The monoisotopic (exact) mass is 817 g/mol. The summed E-state index contributed by atoms with van der Waals surface area (Å²) < 4.78 is 9.74. The van der Waals surface area contributed by atoms with Crippen molar-refractivity contribution in [2.45, 2.75) is 45.6 Å². The molecule has 0 amide bonds. The van der Waals surface area contributed by atoms with Crippen molar-refractivity contribution < 1.29 is 4.74 Å². The van der Waals surface area contributed by atoms with E-state index in [-0.39, 0.29) is 17.9 Å². The van der Waals surface area contributed by atoms with Crippen LogP contribution in [0.3, 0.4) is 0 Å². The summed E-state index contributed by atoms with van der Waals surface area (Å²) in [6, 6.07) is 61.7. The third-order valence-corrected chi connectivity index (χ3v) is 14.5. The highest BCUT2D eigenvalue weighted by molar-refractivity contribution is 7.25. The van der Waals surface area contributed by atoms with Crippen LogP contribution in [-0.2, 0) is 0 Å². The van der Waals surface area contributed by atoms with Crippen molar-refractivity contribution >= 4 is 42.9 Å². The van der Waals surface area contributed by atoms with Gasteiger partial charge in [-0.15, -0.1) is 11.3 Å². The lowest BCUT2D eigenvalue weighted by atomic mass is 9.77. The van der Waals surface area contributed by atoms with Gasteiger partial charge in [0.25, 0.3) is 0 Å². The number of rotatable bonds is 7. The Morgan fingerprint density at radius 3 is 1.98 bits per heavy atom. The van der Waals surface area contributed by atoms with E-state index >= 15 is 0 Å². The number of allylic oxidation sites excluding steroid dienone is 4. The van der Waals surface area contributed by atoms with Gasteiger partial charge in [0.15, 0.2) is 0 Å². The quantitative estimate of drug-likeness (QED) is 0.157. The number of ether oxygens (including phenoxy) is 1. The second-order valence-corrected chi connectivity index (χ2v) is 17.9. The molecular weight excluding hydrogens is 771 g/mol. The van der Waals surface area contributed by atoms with Gasteiger partial charge in [0.1, 0.15) is 11.9 Å². The number of nitrogens with zero attached hydrogens (tertiary/aromatic N) is 1. The fourth-order valence-electron chi connectivity index (χ4n) is 9.90. The van der Waals surface area contributed by atoms with Gasteiger partial charge in [-0.2, -0.15) is 0 Å². The zero-order chi connectivity index (χ0) is 41.7. The van der Waals surface area contributed by atoms with Gasteiger partial charge in [0.2, 0.25) is 0 Å². The molecule has 0 spiro atoms. The van der Waals surface area contributed by atoms with Gasteiger partial charge in [-0.25, -0.2) is 0 Å². The predicted molar refractivity (Wildman–Crippen MR) is 263 cm³/mol. The van der Waals surface area contributed by atoms with Crippen molar-refractivity contribution in [3.05, 3.63) is 227 Å². The van der Waals surface area contributed by atoms with E-state index in [1.54, 1.807) is 0 Å². The highest BCUT2D eigenvalue weighted by atomic mass is 32.1. The first-order valence-corrected chi connectivity index (χ1v) is 22.8. The van der Waals surface area contributed by atoms with Crippen LogP contribution in [0.4, 0.5) is 0 Å². The molecule has 7 aromatic carbocycles. The van der Waals surface area contributed by atoms with Crippen molar-refractivity contribution in [2.75, 3.05) is 0 Å². The lowest BCUT2D eigenvalue weighted by Crippen LogP contribution is -2.26. The Morgan fingerprint density at radius 2 is 1.24 bits per heavy atom. The molecule has 8 aromatic rings. The summed E-state index contributed by atoms with van der Waals surface area (Å²) in [5.41, 5.74) is 18.4.